The lowest BCUT2D eigenvalue weighted by Gasteiger charge is -2.27. The van der Waals surface area contributed by atoms with E-state index >= 15 is 0 Å². The Bertz CT molecular complexity index is 146. The van der Waals surface area contributed by atoms with Crippen molar-refractivity contribution in [2.24, 2.45) is 5.41 Å². The average Bonchev–Trinajstić information content (AvgIpc) is 2.65. The monoisotopic (exact) mass is 217 g/mol. The van der Waals surface area contributed by atoms with Crippen LogP contribution in [0.4, 0.5) is 0 Å². The van der Waals surface area contributed by atoms with Crippen LogP contribution in [0.1, 0.15) is 26.7 Å². The quantitative estimate of drug-likeness (QED) is 0.660. The van der Waals surface area contributed by atoms with E-state index in [-0.39, 0.29) is 0 Å². The molecule has 0 aromatic rings. The van der Waals surface area contributed by atoms with Crippen molar-refractivity contribution in [3.63, 3.8) is 0 Å². The predicted molar refractivity (Wildman–Crippen MR) is 64.0 cm³/mol. The van der Waals surface area contributed by atoms with Gasteiger partial charge in [0.05, 0.1) is 6.61 Å². The van der Waals surface area contributed by atoms with Gasteiger partial charge in [0.25, 0.3) is 0 Å². The lowest BCUT2D eigenvalue weighted by atomic mass is 9.84. The normalized spacial score (nSPS) is 27.0. The van der Waals surface area contributed by atoms with Crippen LogP contribution in [0.25, 0.3) is 0 Å². The van der Waals surface area contributed by atoms with Crippen LogP contribution in [0.15, 0.2) is 0 Å². The highest BCUT2D eigenvalue weighted by atomic mass is 32.2. The van der Waals surface area contributed by atoms with Crippen LogP contribution < -0.4 is 5.32 Å². The van der Waals surface area contributed by atoms with Crippen LogP contribution in [-0.2, 0) is 4.74 Å². The Labute approximate surface area is 92.2 Å². The van der Waals surface area contributed by atoms with E-state index in [1.165, 1.54) is 24.3 Å². The molecule has 0 spiro atoms. The third-order valence-corrected chi connectivity index (χ3v) is 3.82. The zero-order chi connectivity index (χ0) is 10.3. The summed E-state index contributed by atoms with van der Waals surface area (Å²) in [5, 5.41) is 3.47. The Kier molecular flexibility index (Phi) is 5.90. The molecule has 0 aromatic carbocycles. The maximum absolute atomic E-state index is 5.54. The first kappa shape index (κ1) is 12.3. The Morgan fingerprint density at radius 3 is 2.86 bits per heavy atom. The van der Waals surface area contributed by atoms with Crippen molar-refractivity contribution in [2.45, 2.75) is 26.7 Å². The molecule has 1 fully saturated rings. The Hall–Kier alpha value is 0.270. The van der Waals surface area contributed by atoms with E-state index in [1.54, 1.807) is 0 Å². The summed E-state index contributed by atoms with van der Waals surface area (Å²) in [7, 11) is 0. The Morgan fingerprint density at radius 2 is 2.29 bits per heavy atom. The van der Waals surface area contributed by atoms with E-state index in [0.717, 1.165) is 26.3 Å². The lowest BCUT2D eigenvalue weighted by Crippen LogP contribution is -2.35. The maximum atomic E-state index is 5.54. The third-order valence-electron chi connectivity index (χ3n) is 2.92. The van der Waals surface area contributed by atoms with Gasteiger partial charge >= 0.3 is 0 Å². The summed E-state index contributed by atoms with van der Waals surface area (Å²) in [4.78, 5) is 0. The SMILES string of the molecule is CCNCC1(CCSCC)CCOC1. The molecule has 14 heavy (non-hydrogen) atoms. The molecule has 84 valence electrons. The number of nitrogens with one attached hydrogen (secondary N) is 1. The average molecular weight is 217 g/mol. The van der Waals surface area contributed by atoms with E-state index in [9.17, 15) is 0 Å². The summed E-state index contributed by atoms with van der Waals surface area (Å²) >= 11 is 2.04. The van der Waals surface area contributed by atoms with Gasteiger partial charge in [0.2, 0.25) is 0 Å². The van der Waals surface area contributed by atoms with Gasteiger partial charge in [0, 0.05) is 18.6 Å². The second-order valence-electron chi connectivity index (χ2n) is 4.03. The third kappa shape index (κ3) is 3.79. The van der Waals surface area contributed by atoms with Crippen molar-refractivity contribution in [2.75, 3.05) is 37.8 Å². The summed E-state index contributed by atoms with van der Waals surface area (Å²) in [5.41, 5.74) is 0.443. The van der Waals surface area contributed by atoms with Gasteiger partial charge in [0.1, 0.15) is 0 Å². The minimum absolute atomic E-state index is 0.443. The molecule has 0 radical (unpaired) electrons. The van der Waals surface area contributed by atoms with Crippen molar-refractivity contribution in [1.82, 2.24) is 5.32 Å². The van der Waals surface area contributed by atoms with Crippen LogP contribution in [0.5, 0.6) is 0 Å². The minimum Gasteiger partial charge on any atom is -0.381 e. The Morgan fingerprint density at radius 1 is 1.43 bits per heavy atom. The second kappa shape index (κ2) is 6.70. The van der Waals surface area contributed by atoms with Gasteiger partial charge in [-0.05, 0) is 30.9 Å². The second-order valence-corrected chi connectivity index (χ2v) is 5.42. The number of hydrogen-bond donors (Lipinski definition) is 1. The van der Waals surface area contributed by atoms with Gasteiger partial charge in [0.15, 0.2) is 0 Å². The first-order chi connectivity index (χ1) is 6.83. The fourth-order valence-electron chi connectivity index (χ4n) is 1.90. The largest absolute Gasteiger partial charge is 0.381 e. The highest BCUT2D eigenvalue weighted by Gasteiger charge is 2.33. The lowest BCUT2D eigenvalue weighted by molar-refractivity contribution is 0.148. The van der Waals surface area contributed by atoms with Gasteiger partial charge in [-0.15, -0.1) is 0 Å². The summed E-state index contributed by atoms with van der Waals surface area (Å²) in [6, 6.07) is 0. The molecule has 0 aromatic heterocycles. The van der Waals surface area contributed by atoms with E-state index in [2.05, 4.69) is 19.2 Å². The highest BCUT2D eigenvalue weighted by molar-refractivity contribution is 7.99. The maximum Gasteiger partial charge on any atom is 0.0535 e. The van der Waals surface area contributed by atoms with E-state index < -0.39 is 0 Å². The first-order valence-corrected chi connectivity index (χ1v) is 6.84. The van der Waals surface area contributed by atoms with Crippen LogP contribution in [-0.4, -0.2) is 37.8 Å². The smallest absolute Gasteiger partial charge is 0.0535 e. The Balaban J connectivity index is 2.28. The van der Waals surface area contributed by atoms with Crippen molar-refractivity contribution in [3.8, 4) is 0 Å². The molecular weight excluding hydrogens is 194 g/mol. The van der Waals surface area contributed by atoms with Gasteiger partial charge in [-0.3, -0.25) is 0 Å². The molecule has 0 amide bonds. The fourth-order valence-corrected chi connectivity index (χ4v) is 2.76. The molecule has 0 aliphatic carbocycles. The minimum atomic E-state index is 0.443. The summed E-state index contributed by atoms with van der Waals surface area (Å²) < 4.78 is 5.54. The van der Waals surface area contributed by atoms with Gasteiger partial charge in [-0.25, -0.2) is 0 Å². The van der Waals surface area contributed by atoms with Crippen LogP contribution in [0.3, 0.4) is 0 Å². The summed E-state index contributed by atoms with van der Waals surface area (Å²) in [6.07, 6.45) is 2.54. The predicted octanol–water partition coefficient (Wildman–Crippen LogP) is 2.15. The molecule has 1 atom stereocenters. The zero-order valence-electron chi connectivity index (χ0n) is 9.47. The molecule has 1 unspecified atom stereocenters. The first-order valence-electron chi connectivity index (χ1n) is 5.69. The van der Waals surface area contributed by atoms with Crippen molar-refractivity contribution in [1.29, 1.82) is 0 Å². The van der Waals surface area contributed by atoms with Crippen LogP contribution in [0.2, 0.25) is 0 Å². The van der Waals surface area contributed by atoms with Crippen molar-refractivity contribution >= 4 is 11.8 Å². The molecule has 0 bridgehead atoms. The topological polar surface area (TPSA) is 21.3 Å². The molecule has 1 rings (SSSR count). The molecule has 1 N–H and O–H groups in total. The molecule has 1 aliphatic rings. The zero-order valence-corrected chi connectivity index (χ0v) is 10.3. The molecular formula is C11H23NOS. The molecule has 2 nitrogen and oxygen atoms in total. The van der Waals surface area contributed by atoms with Crippen LogP contribution in [0, 0.1) is 5.41 Å². The van der Waals surface area contributed by atoms with Crippen LogP contribution >= 0.6 is 11.8 Å². The summed E-state index contributed by atoms with van der Waals surface area (Å²) in [5.74, 6) is 2.52. The van der Waals surface area contributed by atoms with E-state index in [0.29, 0.717) is 5.41 Å². The summed E-state index contributed by atoms with van der Waals surface area (Å²) in [6.45, 7) is 8.53. The standard InChI is InChI=1S/C11H23NOS/c1-3-12-9-11(5-7-13-10-11)6-8-14-4-2/h12H,3-10H2,1-2H3. The van der Waals surface area contributed by atoms with Crippen molar-refractivity contribution < 1.29 is 4.74 Å². The molecule has 3 heteroatoms. The van der Waals surface area contributed by atoms with Gasteiger partial charge in [-0.1, -0.05) is 13.8 Å². The molecule has 1 heterocycles. The molecule has 0 saturated carbocycles. The highest BCUT2D eigenvalue weighted by Crippen LogP contribution is 2.32. The molecule has 1 aliphatic heterocycles. The van der Waals surface area contributed by atoms with Crippen molar-refractivity contribution in [3.05, 3.63) is 0 Å². The number of thioether (sulfide) groups is 1. The van der Waals surface area contributed by atoms with E-state index in [1.807, 2.05) is 11.8 Å². The van der Waals surface area contributed by atoms with Gasteiger partial charge < -0.3 is 10.1 Å². The number of hydrogen-bond acceptors (Lipinski definition) is 3. The van der Waals surface area contributed by atoms with Gasteiger partial charge in [-0.2, -0.15) is 11.8 Å². The fraction of sp³-hybridized carbons (Fsp3) is 1.00. The molecule has 1 saturated heterocycles. The number of rotatable bonds is 7. The van der Waals surface area contributed by atoms with E-state index in [4.69, 9.17) is 4.74 Å². The number of ether oxygens (including phenoxy) is 1.